The van der Waals surface area contributed by atoms with Gasteiger partial charge in [0.2, 0.25) is 0 Å². The van der Waals surface area contributed by atoms with E-state index in [0.29, 0.717) is 23.1 Å². The highest BCUT2D eigenvalue weighted by Crippen LogP contribution is 2.16. The SMILES string of the molecule is C=Cc1cc(C(=O)OC)ccc1C(=O)CC.C=O. The summed E-state index contributed by atoms with van der Waals surface area (Å²) in [5, 5.41) is 0. The van der Waals surface area contributed by atoms with Crippen LogP contribution in [0.5, 0.6) is 0 Å². The van der Waals surface area contributed by atoms with Gasteiger partial charge in [-0.1, -0.05) is 19.6 Å². The Morgan fingerprint density at radius 2 is 1.94 bits per heavy atom. The number of methoxy groups -OCH3 is 1. The lowest BCUT2D eigenvalue weighted by atomic mass is 9.99. The lowest BCUT2D eigenvalue weighted by Gasteiger charge is -2.06. The number of rotatable bonds is 4. The van der Waals surface area contributed by atoms with Crippen LogP contribution in [0.2, 0.25) is 0 Å². The standard InChI is InChI=1S/C13H14O3.CH2O/c1-4-9-8-10(13(15)16-3)6-7-11(9)12(14)5-2;1-2/h4,6-8H,1,5H2,2-3H3;1H2. The van der Waals surface area contributed by atoms with Crippen molar-refractivity contribution in [3.05, 3.63) is 41.5 Å². The van der Waals surface area contributed by atoms with Crippen molar-refractivity contribution in [2.75, 3.05) is 7.11 Å². The molecule has 4 heteroatoms. The predicted octanol–water partition coefficient (Wildman–Crippen LogP) is 2.52. The molecule has 0 aliphatic rings. The number of hydrogen-bond donors (Lipinski definition) is 0. The van der Waals surface area contributed by atoms with E-state index in [1.54, 1.807) is 31.2 Å². The summed E-state index contributed by atoms with van der Waals surface area (Å²) in [7, 11) is 1.32. The molecule has 0 aliphatic carbocycles. The Balaban J connectivity index is 0.00000137. The molecule has 0 aromatic heterocycles. The number of benzene rings is 1. The van der Waals surface area contributed by atoms with E-state index < -0.39 is 5.97 Å². The minimum absolute atomic E-state index is 0.0336. The molecule has 0 bridgehead atoms. The molecule has 0 saturated heterocycles. The van der Waals surface area contributed by atoms with Gasteiger partial charge in [-0.3, -0.25) is 4.79 Å². The van der Waals surface area contributed by atoms with Crippen molar-refractivity contribution in [3.63, 3.8) is 0 Å². The highest BCUT2D eigenvalue weighted by atomic mass is 16.5. The minimum atomic E-state index is -0.418. The minimum Gasteiger partial charge on any atom is -0.465 e. The molecule has 18 heavy (non-hydrogen) atoms. The highest BCUT2D eigenvalue weighted by molar-refractivity contribution is 6.00. The summed E-state index contributed by atoms with van der Waals surface area (Å²) in [6.07, 6.45) is 1.99. The van der Waals surface area contributed by atoms with Crippen LogP contribution in [0.25, 0.3) is 6.08 Å². The van der Waals surface area contributed by atoms with Gasteiger partial charge in [-0.15, -0.1) is 0 Å². The summed E-state index contributed by atoms with van der Waals surface area (Å²) in [5.41, 5.74) is 1.67. The van der Waals surface area contributed by atoms with Crippen molar-refractivity contribution >= 4 is 24.6 Å². The van der Waals surface area contributed by atoms with E-state index in [0.717, 1.165) is 0 Å². The molecule has 0 amide bonds. The molecule has 0 unspecified atom stereocenters. The zero-order valence-electron chi connectivity index (χ0n) is 10.6. The molecule has 0 fully saturated rings. The van der Waals surface area contributed by atoms with Crippen molar-refractivity contribution in [1.82, 2.24) is 0 Å². The number of carbonyl (C=O) groups is 3. The summed E-state index contributed by atoms with van der Waals surface area (Å²) in [6.45, 7) is 7.43. The lowest BCUT2D eigenvalue weighted by Crippen LogP contribution is -2.05. The Morgan fingerprint density at radius 3 is 2.39 bits per heavy atom. The van der Waals surface area contributed by atoms with Crippen molar-refractivity contribution in [3.8, 4) is 0 Å². The second kappa shape index (κ2) is 7.95. The Morgan fingerprint density at radius 1 is 1.33 bits per heavy atom. The van der Waals surface area contributed by atoms with Crippen LogP contribution < -0.4 is 0 Å². The van der Waals surface area contributed by atoms with Gasteiger partial charge in [-0.2, -0.15) is 0 Å². The maximum absolute atomic E-state index is 11.6. The second-order valence-corrected chi connectivity index (χ2v) is 3.27. The molecule has 1 rings (SSSR count). The fraction of sp³-hybridized carbons (Fsp3) is 0.214. The molecule has 0 atom stereocenters. The van der Waals surface area contributed by atoms with Gasteiger partial charge in [0.05, 0.1) is 12.7 Å². The van der Waals surface area contributed by atoms with Crippen molar-refractivity contribution in [2.45, 2.75) is 13.3 Å². The van der Waals surface area contributed by atoms with Gasteiger partial charge in [0.25, 0.3) is 0 Å². The van der Waals surface area contributed by atoms with Gasteiger partial charge in [-0.05, 0) is 23.8 Å². The van der Waals surface area contributed by atoms with E-state index in [-0.39, 0.29) is 5.78 Å². The predicted molar refractivity (Wildman–Crippen MR) is 69.6 cm³/mol. The zero-order valence-corrected chi connectivity index (χ0v) is 10.6. The molecule has 4 nitrogen and oxygen atoms in total. The fourth-order valence-corrected chi connectivity index (χ4v) is 1.42. The Bertz CT molecular complexity index is 449. The van der Waals surface area contributed by atoms with Crippen LogP contribution in [0.15, 0.2) is 24.8 Å². The largest absolute Gasteiger partial charge is 0.465 e. The monoisotopic (exact) mass is 248 g/mol. The lowest BCUT2D eigenvalue weighted by molar-refractivity contribution is -0.0980. The Labute approximate surface area is 106 Å². The zero-order chi connectivity index (χ0) is 14.1. The first kappa shape index (κ1) is 15.8. The smallest absolute Gasteiger partial charge is 0.337 e. The fourth-order valence-electron chi connectivity index (χ4n) is 1.42. The Kier molecular flexibility index (Phi) is 6.96. The molecule has 0 spiro atoms. The number of esters is 1. The van der Waals surface area contributed by atoms with Gasteiger partial charge < -0.3 is 9.53 Å². The third kappa shape index (κ3) is 3.66. The molecule has 1 aromatic carbocycles. The van der Waals surface area contributed by atoms with Crippen molar-refractivity contribution < 1.29 is 19.1 Å². The van der Waals surface area contributed by atoms with E-state index >= 15 is 0 Å². The van der Waals surface area contributed by atoms with E-state index in [1.807, 2.05) is 6.79 Å². The molecule has 0 aliphatic heterocycles. The first-order valence-electron chi connectivity index (χ1n) is 5.30. The van der Waals surface area contributed by atoms with Crippen LogP contribution >= 0.6 is 0 Å². The average Bonchev–Trinajstić information content (AvgIpc) is 2.46. The molecule has 0 radical (unpaired) electrons. The quantitative estimate of drug-likeness (QED) is 0.606. The molecule has 1 aromatic rings. The van der Waals surface area contributed by atoms with Crippen molar-refractivity contribution in [1.29, 1.82) is 0 Å². The van der Waals surface area contributed by atoms with Gasteiger partial charge in [0.15, 0.2) is 5.78 Å². The van der Waals surface area contributed by atoms with Gasteiger partial charge in [-0.25, -0.2) is 4.79 Å². The van der Waals surface area contributed by atoms with Gasteiger partial charge >= 0.3 is 5.97 Å². The molecule has 0 N–H and O–H groups in total. The molecule has 96 valence electrons. The summed E-state index contributed by atoms with van der Waals surface area (Å²) in [5.74, 6) is -0.384. The number of Topliss-reactive ketones (excluding diaryl/α,β-unsaturated/α-hetero) is 1. The highest BCUT2D eigenvalue weighted by Gasteiger charge is 2.11. The first-order valence-corrected chi connectivity index (χ1v) is 5.30. The van der Waals surface area contributed by atoms with Crippen LogP contribution in [0.3, 0.4) is 0 Å². The number of ketones is 1. The van der Waals surface area contributed by atoms with Gasteiger partial charge in [0, 0.05) is 12.0 Å². The topological polar surface area (TPSA) is 60.4 Å². The average molecular weight is 248 g/mol. The third-order valence-corrected chi connectivity index (χ3v) is 2.31. The molecule has 0 heterocycles. The van der Waals surface area contributed by atoms with E-state index in [9.17, 15) is 9.59 Å². The molecular weight excluding hydrogens is 232 g/mol. The van der Waals surface area contributed by atoms with Gasteiger partial charge in [0.1, 0.15) is 6.79 Å². The van der Waals surface area contributed by atoms with Crippen molar-refractivity contribution in [2.24, 2.45) is 0 Å². The summed E-state index contributed by atoms with van der Waals surface area (Å²) >= 11 is 0. The van der Waals surface area contributed by atoms with Crippen LogP contribution in [0.4, 0.5) is 0 Å². The summed E-state index contributed by atoms with van der Waals surface area (Å²) in [6, 6.07) is 4.83. The Hall–Kier alpha value is -2.23. The van der Waals surface area contributed by atoms with E-state index in [4.69, 9.17) is 4.79 Å². The van der Waals surface area contributed by atoms with E-state index in [2.05, 4.69) is 11.3 Å². The van der Waals surface area contributed by atoms with Crippen LogP contribution in [0, 0.1) is 0 Å². The molecule has 0 saturated carbocycles. The van der Waals surface area contributed by atoms with Crippen LogP contribution in [-0.4, -0.2) is 25.7 Å². The maximum atomic E-state index is 11.6. The van der Waals surface area contributed by atoms with Crippen LogP contribution in [-0.2, 0) is 9.53 Å². The number of hydrogen-bond acceptors (Lipinski definition) is 4. The van der Waals surface area contributed by atoms with Crippen LogP contribution in [0.1, 0.15) is 39.6 Å². The second-order valence-electron chi connectivity index (χ2n) is 3.27. The summed E-state index contributed by atoms with van der Waals surface area (Å²) < 4.78 is 4.60. The number of ether oxygens (including phenoxy) is 1. The van der Waals surface area contributed by atoms with E-state index in [1.165, 1.54) is 7.11 Å². The molecular formula is C14H16O4. The first-order chi connectivity index (χ1) is 8.63. The third-order valence-electron chi connectivity index (χ3n) is 2.31. The number of carbonyl (C=O) groups excluding carboxylic acids is 3. The normalized spacial score (nSPS) is 8.78. The maximum Gasteiger partial charge on any atom is 0.337 e. The summed E-state index contributed by atoms with van der Waals surface area (Å²) in [4.78, 5) is 30.9.